The average molecular weight is 606 g/mol. The Morgan fingerprint density at radius 1 is 1.05 bits per heavy atom. The molecule has 0 bridgehead atoms. The van der Waals surface area contributed by atoms with Gasteiger partial charge < -0.3 is 14.6 Å². The van der Waals surface area contributed by atoms with Gasteiger partial charge in [-0.2, -0.15) is 0 Å². The molecule has 1 amide bonds. The molecule has 5 rings (SSSR count). The zero-order chi connectivity index (χ0) is 29.6. The third-order valence-electron chi connectivity index (χ3n) is 6.63. The Bertz CT molecular complexity index is 1610. The highest BCUT2D eigenvalue weighted by atomic mass is 32.2. The molecule has 0 aliphatic carbocycles. The first-order chi connectivity index (χ1) is 20.4. The van der Waals surface area contributed by atoms with Gasteiger partial charge in [0.2, 0.25) is 5.13 Å². The van der Waals surface area contributed by atoms with Crippen LogP contribution in [0.4, 0.5) is 9.52 Å². The second kappa shape index (κ2) is 13.2. The van der Waals surface area contributed by atoms with Crippen LogP contribution in [-0.2, 0) is 15.3 Å². The van der Waals surface area contributed by atoms with Crippen LogP contribution in [0.2, 0.25) is 0 Å². The molecule has 1 atom stereocenters. The van der Waals surface area contributed by atoms with E-state index in [-0.39, 0.29) is 22.3 Å². The molecule has 8 nitrogen and oxygen atoms in total. The van der Waals surface area contributed by atoms with Crippen LogP contribution in [0.15, 0.2) is 82.7 Å². The summed E-state index contributed by atoms with van der Waals surface area (Å²) in [4.78, 5) is 28.3. The first-order valence-electron chi connectivity index (χ1n) is 13.3. The Labute approximate surface area is 250 Å². The zero-order valence-corrected chi connectivity index (χ0v) is 24.6. The molecule has 1 fully saturated rings. The number of anilines is 1. The number of hydrogen-bond acceptors (Lipinski definition) is 9. The fourth-order valence-electron chi connectivity index (χ4n) is 4.48. The Hall–Kier alpha value is -4.22. The Morgan fingerprint density at radius 3 is 2.52 bits per heavy atom. The minimum atomic E-state index is -0.994. The second-order valence-corrected chi connectivity index (χ2v) is 11.6. The van der Waals surface area contributed by atoms with E-state index >= 15 is 0 Å². The molecule has 1 unspecified atom stereocenters. The predicted octanol–water partition coefficient (Wildman–Crippen LogP) is 6.78. The van der Waals surface area contributed by atoms with Gasteiger partial charge >= 0.3 is 5.91 Å². The van der Waals surface area contributed by atoms with Crippen LogP contribution in [0.5, 0.6) is 11.5 Å². The lowest BCUT2D eigenvalue weighted by molar-refractivity contribution is -0.132. The molecule has 0 saturated carbocycles. The van der Waals surface area contributed by atoms with E-state index in [1.807, 2.05) is 0 Å². The molecule has 2 heterocycles. The maximum absolute atomic E-state index is 13.5. The molecular weight excluding hydrogens is 577 g/mol. The van der Waals surface area contributed by atoms with Gasteiger partial charge in [0.15, 0.2) is 15.8 Å². The van der Waals surface area contributed by atoms with Crippen molar-refractivity contribution in [3.63, 3.8) is 0 Å². The largest absolute Gasteiger partial charge is 0.507 e. The van der Waals surface area contributed by atoms with Gasteiger partial charge in [-0.15, -0.1) is 10.2 Å². The number of nitrogens with zero attached hydrogens (tertiary/aromatic N) is 3. The van der Waals surface area contributed by atoms with Gasteiger partial charge in [0.1, 0.15) is 11.6 Å². The molecule has 1 aliphatic heterocycles. The highest BCUT2D eigenvalue weighted by Crippen LogP contribution is 2.45. The lowest BCUT2D eigenvalue weighted by Crippen LogP contribution is -2.29. The summed E-state index contributed by atoms with van der Waals surface area (Å²) in [5, 5.41) is 20.0. The van der Waals surface area contributed by atoms with Crippen LogP contribution >= 0.6 is 23.1 Å². The Balaban J connectivity index is 1.54. The topological polar surface area (TPSA) is 102 Å². The van der Waals surface area contributed by atoms with Crippen LogP contribution in [0.3, 0.4) is 0 Å². The molecule has 1 N–H and O–H groups in total. The van der Waals surface area contributed by atoms with E-state index in [9.17, 15) is 19.1 Å². The number of ether oxygens (including phenoxy) is 2. The standard InChI is InChI=1S/C31H28FN3O5S2/c1-3-4-16-40-23-15-12-21(17-24(23)39-2)26-25(27(36)20-8-6-5-7-9-20)28(37)29(38)35(26)30-33-34-31(42-30)41-18-19-10-13-22(32)14-11-19/h5-15,17,26,36H,3-4,16,18H2,1-2H3/b27-25-. The SMILES string of the molecule is CCCCOc1ccc(C2/C(=C(/O)c3ccccc3)C(=O)C(=O)N2c2nnc(SCc3ccc(F)cc3)s2)cc1OC. The average Bonchev–Trinajstić information content (AvgIpc) is 3.59. The van der Waals surface area contributed by atoms with E-state index in [0.717, 1.165) is 29.7 Å². The molecule has 11 heteroatoms. The van der Waals surface area contributed by atoms with Crippen molar-refractivity contribution in [3.05, 3.63) is 101 Å². The summed E-state index contributed by atoms with van der Waals surface area (Å²) < 4.78 is 25.3. The number of halogens is 1. The number of carbonyl (C=O) groups is 2. The quantitative estimate of drug-likeness (QED) is 0.0499. The van der Waals surface area contributed by atoms with Gasteiger partial charge in [-0.05, 0) is 41.8 Å². The third kappa shape index (κ3) is 6.17. The number of rotatable bonds is 11. The van der Waals surface area contributed by atoms with Gasteiger partial charge in [0.25, 0.3) is 5.78 Å². The first kappa shape index (κ1) is 29.3. The van der Waals surface area contributed by atoms with E-state index in [1.54, 1.807) is 60.7 Å². The van der Waals surface area contributed by atoms with Crippen LogP contribution in [0.25, 0.3) is 5.76 Å². The predicted molar refractivity (Wildman–Crippen MR) is 160 cm³/mol. The van der Waals surface area contributed by atoms with Crippen molar-refractivity contribution < 1.29 is 28.6 Å². The number of Topliss-reactive ketones (excluding diaryl/α,β-unsaturated/α-hetero) is 1. The molecule has 1 aliphatic rings. The van der Waals surface area contributed by atoms with E-state index in [1.165, 1.54) is 35.9 Å². The van der Waals surface area contributed by atoms with Gasteiger partial charge in [-0.1, -0.05) is 85.0 Å². The van der Waals surface area contributed by atoms with Crippen molar-refractivity contribution in [1.29, 1.82) is 0 Å². The summed E-state index contributed by atoms with van der Waals surface area (Å²) in [5.74, 6) is -0.789. The Morgan fingerprint density at radius 2 is 1.81 bits per heavy atom. The Kier molecular flexibility index (Phi) is 9.19. The zero-order valence-electron chi connectivity index (χ0n) is 23.0. The summed E-state index contributed by atoms with van der Waals surface area (Å²) in [6.07, 6.45) is 1.85. The summed E-state index contributed by atoms with van der Waals surface area (Å²) in [7, 11) is 1.52. The van der Waals surface area contributed by atoms with Gasteiger partial charge in [-0.3, -0.25) is 14.5 Å². The van der Waals surface area contributed by atoms with Crippen molar-refractivity contribution in [2.45, 2.75) is 35.9 Å². The number of aromatic nitrogens is 2. The van der Waals surface area contributed by atoms with Gasteiger partial charge in [0, 0.05) is 11.3 Å². The fourth-order valence-corrected chi connectivity index (χ4v) is 6.30. The van der Waals surface area contributed by atoms with Crippen molar-refractivity contribution in [2.75, 3.05) is 18.6 Å². The van der Waals surface area contributed by atoms with Gasteiger partial charge in [0.05, 0.1) is 25.3 Å². The maximum Gasteiger partial charge on any atom is 0.301 e. The number of methoxy groups -OCH3 is 1. The summed E-state index contributed by atoms with van der Waals surface area (Å²) in [6, 6.07) is 19.0. The first-order valence-corrected chi connectivity index (χ1v) is 15.1. The molecule has 1 saturated heterocycles. The molecule has 0 spiro atoms. The molecular formula is C31H28FN3O5S2. The molecule has 0 radical (unpaired) electrons. The smallest absolute Gasteiger partial charge is 0.301 e. The van der Waals surface area contributed by atoms with Crippen LogP contribution in [-0.4, -0.2) is 40.7 Å². The number of benzene rings is 3. The number of aliphatic hydroxyl groups excluding tert-OH is 1. The number of thioether (sulfide) groups is 1. The highest BCUT2D eigenvalue weighted by molar-refractivity contribution is 8.00. The number of amides is 1. The number of ketones is 1. The van der Waals surface area contributed by atoms with Crippen molar-refractivity contribution in [1.82, 2.24) is 10.2 Å². The lowest BCUT2D eigenvalue weighted by Gasteiger charge is -2.23. The van der Waals surface area contributed by atoms with Crippen molar-refractivity contribution in [2.24, 2.45) is 0 Å². The summed E-state index contributed by atoms with van der Waals surface area (Å²) in [5.41, 5.74) is 1.76. The monoisotopic (exact) mass is 605 g/mol. The van der Waals surface area contributed by atoms with Crippen LogP contribution in [0.1, 0.15) is 42.5 Å². The number of carbonyl (C=O) groups excluding carboxylic acids is 2. The number of unbranched alkanes of at least 4 members (excludes halogenated alkanes) is 1. The highest BCUT2D eigenvalue weighted by Gasteiger charge is 2.48. The molecule has 42 heavy (non-hydrogen) atoms. The van der Waals surface area contributed by atoms with Crippen LogP contribution < -0.4 is 14.4 Å². The van der Waals surface area contributed by atoms with Gasteiger partial charge in [-0.25, -0.2) is 4.39 Å². The number of aliphatic hydroxyl groups is 1. The van der Waals surface area contributed by atoms with Crippen molar-refractivity contribution >= 4 is 45.7 Å². The normalized spacial score (nSPS) is 16.2. The minimum absolute atomic E-state index is 0.0661. The number of hydrogen-bond donors (Lipinski definition) is 1. The maximum atomic E-state index is 13.5. The van der Waals surface area contributed by atoms with E-state index < -0.39 is 17.7 Å². The van der Waals surface area contributed by atoms with E-state index in [2.05, 4.69) is 17.1 Å². The van der Waals surface area contributed by atoms with Crippen LogP contribution in [0, 0.1) is 5.82 Å². The third-order valence-corrected chi connectivity index (χ3v) is 8.75. The summed E-state index contributed by atoms with van der Waals surface area (Å²) >= 11 is 2.53. The molecule has 4 aromatic rings. The van der Waals surface area contributed by atoms with E-state index in [4.69, 9.17) is 9.47 Å². The summed E-state index contributed by atoms with van der Waals surface area (Å²) in [6.45, 7) is 2.58. The van der Waals surface area contributed by atoms with Crippen molar-refractivity contribution in [3.8, 4) is 11.5 Å². The molecule has 216 valence electrons. The lowest BCUT2D eigenvalue weighted by atomic mass is 9.95. The fraction of sp³-hybridized carbons (Fsp3) is 0.226. The molecule has 1 aromatic heterocycles. The second-order valence-electron chi connectivity index (χ2n) is 9.41. The minimum Gasteiger partial charge on any atom is -0.507 e. The van der Waals surface area contributed by atoms with E-state index in [0.29, 0.717) is 39.3 Å². The molecule has 3 aromatic carbocycles.